The second-order valence-corrected chi connectivity index (χ2v) is 4.84. The highest BCUT2D eigenvalue weighted by Crippen LogP contribution is 2.38. The van der Waals surface area contributed by atoms with Crippen LogP contribution in [0.5, 0.6) is 5.75 Å². The molecule has 92 valence electrons. The van der Waals surface area contributed by atoms with Gasteiger partial charge < -0.3 is 10.0 Å². The molecule has 0 unspecified atom stereocenters. The second kappa shape index (κ2) is 4.40. The van der Waals surface area contributed by atoms with Gasteiger partial charge in [0.15, 0.2) is 0 Å². The van der Waals surface area contributed by atoms with E-state index in [1.54, 1.807) is 12.1 Å². The summed E-state index contributed by atoms with van der Waals surface area (Å²) in [5.74, 6) is 0.793. The van der Waals surface area contributed by atoms with Crippen molar-refractivity contribution in [2.75, 3.05) is 11.4 Å². The summed E-state index contributed by atoms with van der Waals surface area (Å²) in [5, 5.41) is 9.74. The Morgan fingerprint density at radius 1 is 1.35 bits per heavy atom. The molecule has 1 amide bonds. The van der Waals surface area contributed by atoms with Crippen molar-refractivity contribution in [2.45, 2.75) is 39.5 Å². The van der Waals surface area contributed by atoms with Crippen molar-refractivity contribution >= 4 is 11.6 Å². The molecule has 0 aliphatic carbocycles. The SMILES string of the molecule is CCN1C(=O)CCc2cc(O)cc(C(C)C)c21. The maximum absolute atomic E-state index is 11.9. The van der Waals surface area contributed by atoms with E-state index in [4.69, 9.17) is 0 Å². The fourth-order valence-corrected chi connectivity index (χ4v) is 2.50. The second-order valence-electron chi connectivity index (χ2n) is 4.84. The third-order valence-corrected chi connectivity index (χ3v) is 3.32. The largest absolute Gasteiger partial charge is 0.508 e. The molecule has 1 aliphatic rings. The number of phenols is 1. The number of hydrogen-bond donors (Lipinski definition) is 1. The molecule has 3 nitrogen and oxygen atoms in total. The Bertz CT molecular complexity index is 452. The van der Waals surface area contributed by atoms with E-state index in [0.717, 1.165) is 23.2 Å². The van der Waals surface area contributed by atoms with Gasteiger partial charge in [0.05, 0.1) is 5.69 Å². The molecule has 0 radical (unpaired) electrons. The van der Waals surface area contributed by atoms with E-state index >= 15 is 0 Å². The summed E-state index contributed by atoms with van der Waals surface area (Å²) in [7, 11) is 0. The summed E-state index contributed by atoms with van der Waals surface area (Å²) in [5.41, 5.74) is 3.18. The summed E-state index contributed by atoms with van der Waals surface area (Å²) in [6, 6.07) is 3.57. The minimum Gasteiger partial charge on any atom is -0.508 e. The van der Waals surface area contributed by atoms with Gasteiger partial charge in [-0.1, -0.05) is 13.8 Å². The molecule has 0 bridgehead atoms. The van der Waals surface area contributed by atoms with Crippen LogP contribution in [-0.4, -0.2) is 17.6 Å². The predicted octanol–water partition coefficient (Wildman–Crippen LogP) is 2.81. The first-order valence-corrected chi connectivity index (χ1v) is 6.20. The molecule has 0 aromatic heterocycles. The van der Waals surface area contributed by atoms with Crippen LogP contribution in [0.2, 0.25) is 0 Å². The molecule has 1 N–H and O–H groups in total. The number of carbonyl (C=O) groups excluding carboxylic acids is 1. The lowest BCUT2D eigenvalue weighted by Crippen LogP contribution is -2.35. The molecule has 0 fully saturated rings. The molecule has 2 rings (SSSR count). The number of phenolic OH excluding ortho intramolecular Hbond substituents is 1. The fraction of sp³-hybridized carbons (Fsp3) is 0.500. The highest BCUT2D eigenvalue weighted by Gasteiger charge is 2.26. The normalized spacial score (nSPS) is 15.3. The van der Waals surface area contributed by atoms with Crippen LogP contribution in [-0.2, 0) is 11.2 Å². The van der Waals surface area contributed by atoms with Crippen LogP contribution >= 0.6 is 0 Å². The molecular weight excluding hydrogens is 214 g/mol. The van der Waals surface area contributed by atoms with Gasteiger partial charge >= 0.3 is 0 Å². The zero-order chi connectivity index (χ0) is 12.6. The number of carbonyl (C=O) groups is 1. The van der Waals surface area contributed by atoms with Crippen LogP contribution < -0.4 is 4.90 Å². The first-order valence-electron chi connectivity index (χ1n) is 6.20. The molecule has 1 aromatic rings. The number of fused-ring (bicyclic) bond motifs is 1. The molecule has 1 heterocycles. The lowest BCUT2D eigenvalue weighted by Gasteiger charge is -2.32. The van der Waals surface area contributed by atoms with E-state index in [0.29, 0.717) is 24.6 Å². The maximum Gasteiger partial charge on any atom is 0.227 e. The smallest absolute Gasteiger partial charge is 0.227 e. The average Bonchev–Trinajstić information content (AvgIpc) is 2.28. The molecule has 1 aromatic carbocycles. The quantitative estimate of drug-likeness (QED) is 0.853. The van der Waals surface area contributed by atoms with Crippen LogP contribution in [0.3, 0.4) is 0 Å². The molecule has 0 atom stereocenters. The van der Waals surface area contributed by atoms with Crippen molar-refractivity contribution in [2.24, 2.45) is 0 Å². The van der Waals surface area contributed by atoms with Gasteiger partial charge in [0.1, 0.15) is 5.75 Å². The predicted molar refractivity (Wildman–Crippen MR) is 68.5 cm³/mol. The maximum atomic E-state index is 11.9. The number of aryl methyl sites for hydroxylation is 1. The number of hydrogen-bond acceptors (Lipinski definition) is 2. The van der Waals surface area contributed by atoms with Crippen molar-refractivity contribution in [1.29, 1.82) is 0 Å². The summed E-state index contributed by atoms with van der Waals surface area (Å²) >= 11 is 0. The standard InChI is InChI=1S/C14H19NO2/c1-4-15-13(17)6-5-10-7-11(16)8-12(9(2)3)14(10)15/h7-9,16H,4-6H2,1-3H3. The van der Waals surface area contributed by atoms with E-state index in [1.807, 2.05) is 11.8 Å². The summed E-state index contributed by atoms with van der Waals surface area (Å²) in [4.78, 5) is 13.8. The van der Waals surface area contributed by atoms with Crippen LogP contribution in [0.4, 0.5) is 5.69 Å². The molecule has 17 heavy (non-hydrogen) atoms. The summed E-state index contributed by atoms with van der Waals surface area (Å²) < 4.78 is 0. The van der Waals surface area contributed by atoms with Gasteiger partial charge in [-0.25, -0.2) is 0 Å². The molecular formula is C14H19NO2. The van der Waals surface area contributed by atoms with E-state index < -0.39 is 0 Å². The lowest BCUT2D eigenvalue weighted by molar-refractivity contribution is -0.118. The Morgan fingerprint density at radius 2 is 2.06 bits per heavy atom. The number of amides is 1. The van der Waals surface area contributed by atoms with Crippen LogP contribution in [0, 0.1) is 0 Å². The molecule has 0 spiro atoms. The Kier molecular flexibility index (Phi) is 3.09. The van der Waals surface area contributed by atoms with Crippen molar-refractivity contribution in [1.82, 2.24) is 0 Å². The Balaban J connectivity index is 2.62. The number of anilines is 1. The zero-order valence-corrected chi connectivity index (χ0v) is 10.7. The lowest BCUT2D eigenvalue weighted by atomic mass is 9.91. The minimum atomic E-state index is 0.188. The molecule has 1 aliphatic heterocycles. The Labute approximate surface area is 102 Å². The fourth-order valence-electron chi connectivity index (χ4n) is 2.50. The van der Waals surface area contributed by atoms with Crippen molar-refractivity contribution in [3.05, 3.63) is 23.3 Å². The molecule has 3 heteroatoms. The Morgan fingerprint density at radius 3 is 2.65 bits per heavy atom. The van der Waals surface area contributed by atoms with Crippen LogP contribution in [0.25, 0.3) is 0 Å². The highest BCUT2D eigenvalue weighted by atomic mass is 16.3. The van der Waals surface area contributed by atoms with Gasteiger partial charge in [-0.05, 0) is 42.5 Å². The van der Waals surface area contributed by atoms with Gasteiger partial charge in [0.2, 0.25) is 5.91 Å². The number of benzene rings is 1. The third-order valence-electron chi connectivity index (χ3n) is 3.32. The Hall–Kier alpha value is -1.51. The van der Waals surface area contributed by atoms with Crippen molar-refractivity contribution in [3.63, 3.8) is 0 Å². The van der Waals surface area contributed by atoms with Crippen LogP contribution in [0.1, 0.15) is 44.2 Å². The third kappa shape index (κ3) is 2.02. The first kappa shape index (κ1) is 12.0. The molecule has 0 saturated carbocycles. The van der Waals surface area contributed by atoms with Crippen LogP contribution in [0.15, 0.2) is 12.1 Å². The van der Waals surface area contributed by atoms with Gasteiger partial charge in [-0.2, -0.15) is 0 Å². The van der Waals surface area contributed by atoms with Crippen molar-refractivity contribution in [3.8, 4) is 5.75 Å². The first-order chi connectivity index (χ1) is 8.04. The van der Waals surface area contributed by atoms with Gasteiger partial charge in [0, 0.05) is 13.0 Å². The van der Waals surface area contributed by atoms with Gasteiger partial charge in [-0.15, -0.1) is 0 Å². The van der Waals surface area contributed by atoms with Gasteiger partial charge in [-0.3, -0.25) is 4.79 Å². The van der Waals surface area contributed by atoms with E-state index in [-0.39, 0.29) is 5.91 Å². The average molecular weight is 233 g/mol. The van der Waals surface area contributed by atoms with Crippen molar-refractivity contribution < 1.29 is 9.90 Å². The van der Waals surface area contributed by atoms with E-state index in [1.165, 1.54) is 0 Å². The van der Waals surface area contributed by atoms with E-state index in [9.17, 15) is 9.90 Å². The minimum absolute atomic E-state index is 0.188. The number of rotatable bonds is 2. The topological polar surface area (TPSA) is 40.5 Å². The molecule has 0 saturated heterocycles. The van der Waals surface area contributed by atoms with E-state index in [2.05, 4.69) is 13.8 Å². The highest BCUT2D eigenvalue weighted by molar-refractivity contribution is 5.97. The van der Waals surface area contributed by atoms with Gasteiger partial charge in [0.25, 0.3) is 0 Å². The monoisotopic (exact) mass is 233 g/mol. The number of aromatic hydroxyl groups is 1. The summed E-state index contributed by atoms with van der Waals surface area (Å²) in [6.07, 6.45) is 1.28. The number of nitrogens with zero attached hydrogens (tertiary/aromatic N) is 1. The summed E-state index contributed by atoms with van der Waals surface area (Å²) in [6.45, 7) is 6.85. The zero-order valence-electron chi connectivity index (χ0n) is 10.7.